The zero-order valence-electron chi connectivity index (χ0n) is 23.1. The molecule has 2 nitrogen and oxygen atoms in total. The lowest BCUT2D eigenvalue weighted by Gasteiger charge is -2.27. The van der Waals surface area contributed by atoms with E-state index in [9.17, 15) is 0 Å². The van der Waals surface area contributed by atoms with Gasteiger partial charge in [-0.25, -0.2) is 0 Å². The normalized spacial score (nSPS) is 11.3. The van der Waals surface area contributed by atoms with Crippen molar-refractivity contribution in [2.75, 3.05) is 4.90 Å². The summed E-state index contributed by atoms with van der Waals surface area (Å²) in [6.07, 6.45) is 0. The molecular weight excluding hydrogens is 508 g/mol. The number of hydrogen-bond acceptors (Lipinski definition) is 1. The average Bonchev–Trinajstić information content (AvgIpc) is 3.40. The number of benzene rings is 7. The van der Waals surface area contributed by atoms with Crippen LogP contribution >= 0.6 is 0 Å². The smallest absolute Gasteiger partial charge is 0.0541 e. The van der Waals surface area contributed by atoms with Crippen LogP contribution in [0.3, 0.4) is 0 Å². The third-order valence-corrected chi connectivity index (χ3v) is 8.18. The van der Waals surface area contributed by atoms with Crippen molar-refractivity contribution in [3.8, 4) is 16.8 Å². The summed E-state index contributed by atoms with van der Waals surface area (Å²) in [5, 5.41) is 4.95. The Kier molecular flexibility index (Phi) is 5.82. The summed E-state index contributed by atoms with van der Waals surface area (Å²) < 4.78 is 2.41. The topological polar surface area (TPSA) is 8.17 Å². The van der Waals surface area contributed by atoms with E-state index >= 15 is 0 Å². The van der Waals surface area contributed by atoms with E-state index in [4.69, 9.17) is 0 Å². The molecule has 0 aliphatic rings. The van der Waals surface area contributed by atoms with Gasteiger partial charge in [-0.05, 0) is 59.7 Å². The first-order valence-electron chi connectivity index (χ1n) is 14.4. The highest BCUT2D eigenvalue weighted by atomic mass is 15.1. The molecule has 0 aliphatic carbocycles. The van der Waals surface area contributed by atoms with Crippen molar-refractivity contribution in [3.63, 3.8) is 0 Å². The lowest BCUT2D eigenvalue weighted by molar-refractivity contribution is 1.20. The quantitative estimate of drug-likeness (QED) is 0.212. The molecule has 0 atom stereocenters. The van der Waals surface area contributed by atoms with Crippen LogP contribution in [0.25, 0.3) is 49.4 Å². The second-order valence-electron chi connectivity index (χ2n) is 10.6. The molecule has 0 saturated carbocycles. The Labute approximate surface area is 245 Å². The fourth-order valence-electron chi connectivity index (χ4n) is 6.29. The predicted octanol–water partition coefficient (Wildman–Crippen LogP) is 11.1. The van der Waals surface area contributed by atoms with Gasteiger partial charge in [-0.15, -0.1) is 0 Å². The molecule has 0 spiro atoms. The number of para-hydroxylation sites is 3. The number of anilines is 3. The standard InChI is InChI=1S/C40H28N2/c1-3-13-29(14-4-1)30-25-27-32(28-26-30)41(31-15-5-2-6-16-31)37-23-11-20-36-35(37)19-12-24-40(36)42-38-21-9-7-17-33(38)34-18-8-10-22-39(34)42/h1-28H. The molecule has 0 fully saturated rings. The Balaban J connectivity index is 1.35. The van der Waals surface area contributed by atoms with Gasteiger partial charge in [0.2, 0.25) is 0 Å². The van der Waals surface area contributed by atoms with Crippen molar-refractivity contribution < 1.29 is 0 Å². The Morgan fingerprint density at radius 1 is 0.333 bits per heavy atom. The number of hydrogen-bond donors (Lipinski definition) is 0. The van der Waals surface area contributed by atoms with Crippen molar-refractivity contribution in [1.29, 1.82) is 0 Å². The molecule has 1 aromatic heterocycles. The summed E-state index contributed by atoms with van der Waals surface area (Å²) in [5.41, 5.74) is 9.43. The van der Waals surface area contributed by atoms with Crippen LogP contribution in [0.5, 0.6) is 0 Å². The molecule has 7 aromatic carbocycles. The summed E-state index contributed by atoms with van der Waals surface area (Å²) in [7, 11) is 0. The van der Waals surface area contributed by atoms with Gasteiger partial charge in [0.15, 0.2) is 0 Å². The third kappa shape index (κ3) is 3.96. The summed E-state index contributed by atoms with van der Waals surface area (Å²) >= 11 is 0. The summed E-state index contributed by atoms with van der Waals surface area (Å²) in [6, 6.07) is 60.8. The second-order valence-corrected chi connectivity index (χ2v) is 10.6. The van der Waals surface area contributed by atoms with Crippen molar-refractivity contribution in [1.82, 2.24) is 4.57 Å². The van der Waals surface area contributed by atoms with Gasteiger partial charge >= 0.3 is 0 Å². The fourth-order valence-corrected chi connectivity index (χ4v) is 6.29. The van der Waals surface area contributed by atoms with Crippen LogP contribution in [0.15, 0.2) is 170 Å². The zero-order valence-corrected chi connectivity index (χ0v) is 23.1. The van der Waals surface area contributed by atoms with E-state index in [0.717, 1.165) is 17.1 Å². The van der Waals surface area contributed by atoms with E-state index in [2.05, 4.69) is 179 Å². The van der Waals surface area contributed by atoms with Gasteiger partial charge in [0.25, 0.3) is 0 Å². The molecule has 0 unspecified atom stereocenters. The van der Waals surface area contributed by atoms with E-state index in [1.807, 2.05) is 0 Å². The Morgan fingerprint density at radius 2 is 0.833 bits per heavy atom. The zero-order chi connectivity index (χ0) is 27.9. The van der Waals surface area contributed by atoms with Crippen molar-refractivity contribution in [3.05, 3.63) is 170 Å². The van der Waals surface area contributed by atoms with Crippen LogP contribution in [0, 0.1) is 0 Å². The summed E-state index contributed by atoms with van der Waals surface area (Å²) in [4.78, 5) is 2.37. The van der Waals surface area contributed by atoms with Gasteiger partial charge in [-0.3, -0.25) is 0 Å². The molecule has 0 bridgehead atoms. The van der Waals surface area contributed by atoms with Crippen molar-refractivity contribution in [2.45, 2.75) is 0 Å². The average molecular weight is 537 g/mol. The Bertz CT molecular complexity index is 2120. The minimum absolute atomic E-state index is 1.12. The van der Waals surface area contributed by atoms with Gasteiger partial charge < -0.3 is 9.47 Å². The molecule has 0 saturated heterocycles. The number of fused-ring (bicyclic) bond motifs is 4. The molecule has 0 radical (unpaired) electrons. The van der Waals surface area contributed by atoms with E-state index in [1.165, 1.54) is 49.4 Å². The largest absolute Gasteiger partial charge is 0.310 e. The summed E-state index contributed by atoms with van der Waals surface area (Å²) in [5.74, 6) is 0. The lowest BCUT2D eigenvalue weighted by Crippen LogP contribution is -2.10. The van der Waals surface area contributed by atoms with Gasteiger partial charge in [0.1, 0.15) is 0 Å². The van der Waals surface area contributed by atoms with Crippen LogP contribution in [-0.4, -0.2) is 4.57 Å². The maximum absolute atomic E-state index is 2.41. The van der Waals surface area contributed by atoms with E-state index in [1.54, 1.807) is 0 Å². The van der Waals surface area contributed by atoms with E-state index in [0.29, 0.717) is 0 Å². The minimum atomic E-state index is 1.12. The Morgan fingerprint density at radius 3 is 1.52 bits per heavy atom. The van der Waals surface area contributed by atoms with Crippen molar-refractivity contribution in [2.24, 2.45) is 0 Å². The second kappa shape index (κ2) is 10.1. The highest BCUT2D eigenvalue weighted by Gasteiger charge is 2.18. The van der Waals surface area contributed by atoms with Gasteiger partial charge in [-0.2, -0.15) is 0 Å². The van der Waals surface area contributed by atoms with Crippen LogP contribution in [0.4, 0.5) is 17.1 Å². The highest BCUT2D eigenvalue weighted by Crippen LogP contribution is 2.42. The molecule has 2 heteroatoms. The SMILES string of the molecule is c1ccc(-c2ccc(N(c3ccccc3)c3cccc4c(-n5c6ccccc6c6ccccc65)cccc34)cc2)cc1. The molecule has 0 amide bonds. The van der Waals surface area contributed by atoms with Gasteiger partial charge in [-0.1, -0.05) is 121 Å². The summed E-state index contributed by atoms with van der Waals surface area (Å²) in [6.45, 7) is 0. The van der Waals surface area contributed by atoms with E-state index in [-0.39, 0.29) is 0 Å². The predicted molar refractivity (Wildman–Crippen MR) is 178 cm³/mol. The van der Waals surface area contributed by atoms with Gasteiger partial charge in [0.05, 0.1) is 22.4 Å². The molecule has 8 aromatic rings. The van der Waals surface area contributed by atoms with Crippen LogP contribution in [0.1, 0.15) is 0 Å². The third-order valence-electron chi connectivity index (χ3n) is 8.18. The van der Waals surface area contributed by atoms with Gasteiger partial charge in [0, 0.05) is 32.9 Å². The molecule has 198 valence electrons. The maximum atomic E-state index is 2.41. The first kappa shape index (κ1) is 24.2. The monoisotopic (exact) mass is 536 g/mol. The molecule has 42 heavy (non-hydrogen) atoms. The van der Waals surface area contributed by atoms with E-state index < -0.39 is 0 Å². The minimum Gasteiger partial charge on any atom is -0.310 e. The molecule has 0 aliphatic heterocycles. The first-order valence-corrected chi connectivity index (χ1v) is 14.4. The van der Waals surface area contributed by atoms with Crippen molar-refractivity contribution >= 4 is 49.6 Å². The Hall–Kier alpha value is -5.60. The fraction of sp³-hybridized carbons (Fsp3) is 0. The van der Waals surface area contributed by atoms with Crippen LogP contribution in [-0.2, 0) is 0 Å². The van der Waals surface area contributed by atoms with Crippen LogP contribution in [0.2, 0.25) is 0 Å². The van der Waals surface area contributed by atoms with Crippen LogP contribution < -0.4 is 4.90 Å². The number of rotatable bonds is 5. The highest BCUT2D eigenvalue weighted by molar-refractivity contribution is 6.11. The number of aromatic nitrogens is 1. The molecule has 8 rings (SSSR count). The number of nitrogens with zero attached hydrogens (tertiary/aromatic N) is 2. The molecular formula is C40H28N2. The maximum Gasteiger partial charge on any atom is 0.0541 e. The molecule has 1 heterocycles. The lowest BCUT2D eigenvalue weighted by atomic mass is 10.0. The first-order chi connectivity index (χ1) is 20.9. The molecule has 0 N–H and O–H groups in total.